The SMILES string of the molecule is CCOc1cc(NC(=NC)NCc2cccc(-c3ncn[nH]3)c2)ccc1OC.I. The summed E-state index contributed by atoms with van der Waals surface area (Å²) in [6, 6.07) is 13.7. The van der Waals surface area contributed by atoms with E-state index < -0.39 is 0 Å². The smallest absolute Gasteiger partial charge is 0.195 e. The van der Waals surface area contributed by atoms with E-state index >= 15 is 0 Å². The molecule has 9 heteroatoms. The number of aromatic nitrogens is 3. The first-order chi connectivity index (χ1) is 13.7. The number of ether oxygens (including phenoxy) is 2. The van der Waals surface area contributed by atoms with Crippen molar-refractivity contribution in [3.8, 4) is 22.9 Å². The Morgan fingerprint density at radius 2 is 2.03 bits per heavy atom. The van der Waals surface area contributed by atoms with Gasteiger partial charge in [0.15, 0.2) is 23.3 Å². The molecule has 8 nitrogen and oxygen atoms in total. The van der Waals surface area contributed by atoms with Gasteiger partial charge in [0.1, 0.15) is 6.33 Å². The number of nitrogens with zero attached hydrogens (tertiary/aromatic N) is 3. The summed E-state index contributed by atoms with van der Waals surface area (Å²) < 4.78 is 10.9. The Balaban J connectivity index is 0.00000300. The van der Waals surface area contributed by atoms with Crippen LogP contribution in [-0.2, 0) is 6.54 Å². The van der Waals surface area contributed by atoms with Gasteiger partial charge in [-0.1, -0.05) is 18.2 Å². The molecule has 0 fully saturated rings. The Labute approximate surface area is 187 Å². The zero-order chi connectivity index (χ0) is 19.8. The molecule has 2 aromatic carbocycles. The van der Waals surface area contributed by atoms with Crippen LogP contribution >= 0.6 is 24.0 Å². The van der Waals surface area contributed by atoms with Crippen LogP contribution in [0.15, 0.2) is 53.8 Å². The van der Waals surface area contributed by atoms with Crippen molar-refractivity contribution in [1.82, 2.24) is 20.5 Å². The van der Waals surface area contributed by atoms with E-state index in [9.17, 15) is 0 Å². The molecule has 0 aliphatic heterocycles. The lowest BCUT2D eigenvalue weighted by Gasteiger charge is -2.15. The number of aromatic amines is 1. The molecule has 0 aliphatic rings. The molecule has 0 bridgehead atoms. The highest BCUT2D eigenvalue weighted by Crippen LogP contribution is 2.30. The average Bonchev–Trinajstić information content (AvgIpc) is 3.27. The Morgan fingerprint density at radius 3 is 2.72 bits per heavy atom. The van der Waals surface area contributed by atoms with Gasteiger partial charge in [0.2, 0.25) is 0 Å². The van der Waals surface area contributed by atoms with E-state index in [4.69, 9.17) is 9.47 Å². The highest BCUT2D eigenvalue weighted by molar-refractivity contribution is 14.0. The molecular formula is C20H25IN6O2. The van der Waals surface area contributed by atoms with Crippen molar-refractivity contribution in [2.24, 2.45) is 4.99 Å². The summed E-state index contributed by atoms with van der Waals surface area (Å²) in [5.74, 6) is 2.77. The second-order valence-electron chi connectivity index (χ2n) is 5.88. The first-order valence-electron chi connectivity index (χ1n) is 8.96. The standard InChI is InChI=1S/C20H24N6O2.HI/c1-4-28-18-11-16(8-9-17(18)27-3)25-20(21-2)22-12-14-6-5-7-15(10-14)19-23-13-24-26-19;/h5-11,13H,4,12H2,1-3H3,(H2,21,22,25)(H,23,24,26);1H. The summed E-state index contributed by atoms with van der Waals surface area (Å²) >= 11 is 0. The first-order valence-corrected chi connectivity index (χ1v) is 8.96. The number of benzene rings is 2. The third-order valence-corrected chi connectivity index (χ3v) is 4.03. The minimum Gasteiger partial charge on any atom is -0.493 e. The maximum Gasteiger partial charge on any atom is 0.195 e. The summed E-state index contributed by atoms with van der Waals surface area (Å²) in [5, 5.41) is 13.3. The predicted octanol–water partition coefficient (Wildman–Crippen LogP) is 3.68. The third kappa shape index (κ3) is 6.08. The van der Waals surface area contributed by atoms with Crippen molar-refractivity contribution < 1.29 is 9.47 Å². The molecule has 0 amide bonds. The third-order valence-electron chi connectivity index (χ3n) is 4.03. The second-order valence-corrected chi connectivity index (χ2v) is 5.88. The van der Waals surface area contributed by atoms with Gasteiger partial charge in [0.25, 0.3) is 0 Å². The fraction of sp³-hybridized carbons (Fsp3) is 0.250. The van der Waals surface area contributed by atoms with Crippen molar-refractivity contribution in [3.05, 3.63) is 54.4 Å². The van der Waals surface area contributed by atoms with Crippen molar-refractivity contribution in [3.63, 3.8) is 0 Å². The fourth-order valence-electron chi connectivity index (χ4n) is 2.70. The highest BCUT2D eigenvalue weighted by atomic mass is 127. The maximum absolute atomic E-state index is 5.62. The molecule has 0 aliphatic carbocycles. The van der Waals surface area contributed by atoms with Crippen LogP contribution in [-0.4, -0.2) is 41.9 Å². The van der Waals surface area contributed by atoms with E-state index in [2.05, 4.69) is 36.9 Å². The Bertz CT molecular complexity index is 930. The average molecular weight is 508 g/mol. The molecule has 0 saturated heterocycles. The van der Waals surface area contributed by atoms with E-state index in [1.54, 1.807) is 14.2 Å². The molecule has 0 atom stereocenters. The molecule has 0 saturated carbocycles. The topological polar surface area (TPSA) is 96.5 Å². The second kappa shape index (κ2) is 11.2. The molecule has 3 N–H and O–H groups in total. The summed E-state index contributed by atoms with van der Waals surface area (Å²) in [7, 11) is 3.35. The van der Waals surface area contributed by atoms with Crippen molar-refractivity contribution in [2.75, 3.05) is 26.1 Å². The van der Waals surface area contributed by atoms with E-state index in [1.807, 2.05) is 43.3 Å². The van der Waals surface area contributed by atoms with Crippen LogP contribution in [0, 0.1) is 0 Å². The Hall–Kier alpha value is -2.82. The lowest BCUT2D eigenvalue weighted by atomic mass is 10.1. The van der Waals surface area contributed by atoms with E-state index in [0.717, 1.165) is 22.6 Å². The van der Waals surface area contributed by atoms with Gasteiger partial charge in [-0.25, -0.2) is 4.98 Å². The van der Waals surface area contributed by atoms with E-state index in [-0.39, 0.29) is 24.0 Å². The number of aliphatic imine (C=N–C) groups is 1. The quantitative estimate of drug-likeness (QED) is 0.256. The van der Waals surface area contributed by atoms with Gasteiger partial charge >= 0.3 is 0 Å². The number of nitrogens with one attached hydrogen (secondary N) is 3. The van der Waals surface area contributed by atoms with E-state index in [1.165, 1.54) is 6.33 Å². The van der Waals surface area contributed by atoms with Gasteiger partial charge in [0, 0.05) is 30.9 Å². The summed E-state index contributed by atoms with van der Waals surface area (Å²) in [5.41, 5.74) is 2.94. The fourth-order valence-corrected chi connectivity index (χ4v) is 2.70. The molecule has 3 aromatic rings. The van der Waals surface area contributed by atoms with Gasteiger partial charge in [-0.15, -0.1) is 24.0 Å². The molecule has 1 heterocycles. The summed E-state index contributed by atoms with van der Waals surface area (Å²) in [6.07, 6.45) is 1.50. The number of H-pyrrole nitrogens is 1. The van der Waals surface area contributed by atoms with Gasteiger partial charge in [-0.2, -0.15) is 5.10 Å². The largest absolute Gasteiger partial charge is 0.493 e. The van der Waals surface area contributed by atoms with Crippen molar-refractivity contribution >= 4 is 35.6 Å². The first kappa shape index (κ1) is 22.5. The van der Waals surface area contributed by atoms with Gasteiger partial charge in [0.05, 0.1) is 13.7 Å². The van der Waals surface area contributed by atoms with Crippen LogP contribution in [0.5, 0.6) is 11.5 Å². The van der Waals surface area contributed by atoms with Crippen LogP contribution in [0.3, 0.4) is 0 Å². The summed E-state index contributed by atoms with van der Waals surface area (Å²) in [6.45, 7) is 3.11. The van der Waals surface area contributed by atoms with Crippen LogP contribution in [0.4, 0.5) is 5.69 Å². The van der Waals surface area contributed by atoms with Crippen LogP contribution in [0.25, 0.3) is 11.4 Å². The number of anilines is 1. The zero-order valence-corrected chi connectivity index (χ0v) is 18.9. The van der Waals surface area contributed by atoms with Crippen LogP contribution < -0.4 is 20.1 Å². The monoisotopic (exact) mass is 508 g/mol. The lowest BCUT2D eigenvalue weighted by molar-refractivity contribution is 0.311. The number of hydrogen-bond donors (Lipinski definition) is 3. The van der Waals surface area contributed by atoms with Gasteiger partial charge in [-0.3, -0.25) is 10.1 Å². The normalized spacial score (nSPS) is 10.8. The summed E-state index contributed by atoms with van der Waals surface area (Å²) in [4.78, 5) is 8.47. The van der Waals surface area contributed by atoms with Crippen LogP contribution in [0.1, 0.15) is 12.5 Å². The van der Waals surface area contributed by atoms with Crippen LogP contribution in [0.2, 0.25) is 0 Å². The zero-order valence-electron chi connectivity index (χ0n) is 16.6. The van der Waals surface area contributed by atoms with Gasteiger partial charge in [-0.05, 0) is 30.7 Å². The van der Waals surface area contributed by atoms with E-state index in [0.29, 0.717) is 30.6 Å². The molecule has 3 rings (SSSR count). The number of hydrogen-bond acceptors (Lipinski definition) is 5. The number of halogens is 1. The number of guanidine groups is 1. The lowest BCUT2D eigenvalue weighted by Crippen LogP contribution is -2.30. The predicted molar refractivity (Wildman–Crippen MR) is 125 cm³/mol. The molecule has 0 spiro atoms. The minimum atomic E-state index is 0. The van der Waals surface area contributed by atoms with Crippen molar-refractivity contribution in [1.29, 1.82) is 0 Å². The Kier molecular flexibility index (Phi) is 8.71. The van der Waals surface area contributed by atoms with Crippen molar-refractivity contribution in [2.45, 2.75) is 13.5 Å². The molecule has 0 unspecified atom stereocenters. The number of methoxy groups -OCH3 is 1. The Morgan fingerprint density at radius 1 is 1.17 bits per heavy atom. The molecular weight excluding hydrogens is 483 g/mol. The molecule has 1 aromatic heterocycles. The molecule has 29 heavy (non-hydrogen) atoms. The highest BCUT2D eigenvalue weighted by Gasteiger charge is 2.07. The molecule has 154 valence electrons. The maximum atomic E-state index is 5.62. The van der Waals surface area contributed by atoms with Gasteiger partial charge < -0.3 is 20.1 Å². The minimum absolute atomic E-state index is 0. The number of rotatable bonds is 7. The molecule has 0 radical (unpaired) electrons.